The Kier molecular flexibility index (Phi) is 7.19. The van der Waals surface area contributed by atoms with Crippen LogP contribution in [0.1, 0.15) is 44.1 Å². The Labute approximate surface area is 171 Å². The van der Waals surface area contributed by atoms with E-state index >= 15 is 0 Å². The maximum absolute atomic E-state index is 9.51. The van der Waals surface area contributed by atoms with Gasteiger partial charge in [-0.3, -0.25) is 0 Å². The number of pyridine rings is 1. The van der Waals surface area contributed by atoms with Crippen molar-refractivity contribution in [2.45, 2.75) is 45.3 Å². The van der Waals surface area contributed by atoms with Gasteiger partial charge in [0.25, 0.3) is 0 Å². The molecule has 0 aliphatic rings. The summed E-state index contributed by atoms with van der Waals surface area (Å²) < 4.78 is 8.03. The molecule has 3 aromatic heterocycles. The first-order valence-electron chi connectivity index (χ1n) is 10.0. The van der Waals surface area contributed by atoms with Crippen LogP contribution >= 0.6 is 0 Å². The van der Waals surface area contributed by atoms with Crippen LogP contribution in [0.15, 0.2) is 43.4 Å². The maximum Gasteiger partial charge on any atom is 0.180 e. The van der Waals surface area contributed by atoms with Crippen molar-refractivity contribution in [3.63, 3.8) is 0 Å². The first-order chi connectivity index (χ1) is 14.2. The van der Waals surface area contributed by atoms with Crippen molar-refractivity contribution in [2.24, 2.45) is 0 Å². The fraction of sp³-hybridized carbons (Fsp3) is 0.409. The summed E-state index contributed by atoms with van der Waals surface area (Å²) in [6.07, 6.45) is 11.1. The Morgan fingerprint density at radius 3 is 2.90 bits per heavy atom. The first kappa shape index (κ1) is 20.8. The summed E-state index contributed by atoms with van der Waals surface area (Å²) in [6.45, 7) is 6.39. The smallest absolute Gasteiger partial charge is 0.180 e. The molecule has 3 rings (SSSR count). The van der Waals surface area contributed by atoms with Crippen molar-refractivity contribution in [3.05, 3.63) is 54.9 Å². The van der Waals surface area contributed by atoms with Crippen LogP contribution in [0.5, 0.6) is 5.75 Å². The van der Waals surface area contributed by atoms with Gasteiger partial charge < -0.3 is 19.1 Å². The number of nitrogens with zero attached hydrogens (tertiary/aromatic N) is 5. The first-order valence-corrected chi connectivity index (χ1v) is 10.0. The number of ether oxygens (including phenoxy) is 1. The van der Waals surface area contributed by atoms with E-state index in [0.29, 0.717) is 30.4 Å². The van der Waals surface area contributed by atoms with Gasteiger partial charge in [0.2, 0.25) is 0 Å². The van der Waals surface area contributed by atoms with Gasteiger partial charge in [-0.15, -0.1) is 0 Å². The minimum Gasteiger partial charge on any atom is -0.482 e. The number of unbranched alkanes of at least 4 members (excludes halogenated alkanes) is 1. The van der Waals surface area contributed by atoms with Gasteiger partial charge >= 0.3 is 0 Å². The maximum atomic E-state index is 9.51. The molecule has 29 heavy (non-hydrogen) atoms. The van der Waals surface area contributed by atoms with Crippen LogP contribution in [0.4, 0.5) is 5.82 Å². The highest BCUT2D eigenvalue weighted by atomic mass is 16.5. The van der Waals surface area contributed by atoms with E-state index in [-0.39, 0.29) is 12.6 Å². The van der Waals surface area contributed by atoms with Crippen LogP contribution in [0.2, 0.25) is 0 Å². The van der Waals surface area contributed by atoms with Gasteiger partial charge in [0.1, 0.15) is 12.3 Å². The zero-order chi connectivity index (χ0) is 20.6. The third-order valence-electron chi connectivity index (χ3n) is 4.96. The molecule has 7 nitrogen and oxygen atoms in total. The van der Waals surface area contributed by atoms with Crippen molar-refractivity contribution in [1.82, 2.24) is 19.4 Å². The van der Waals surface area contributed by atoms with Crippen LogP contribution < -0.4 is 9.64 Å². The quantitative estimate of drug-likeness (QED) is 0.533. The van der Waals surface area contributed by atoms with E-state index in [2.05, 4.69) is 33.4 Å². The number of fused-ring (bicyclic) bond motifs is 1. The van der Waals surface area contributed by atoms with Gasteiger partial charge in [-0.05, 0) is 31.1 Å². The van der Waals surface area contributed by atoms with Gasteiger partial charge in [-0.25, -0.2) is 15.0 Å². The van der Waals surface area contributed by atoms with E-state index in [0.717, 1.165) is 30.6 Å². The Morgan fingerprint density at radius 2 is 2.17 bits per heavy atom. The lowest BCUT2D eigenvalue weighted by Gasteiger charge is -2.30. The van der Waals surface area contributed by atoms with E-state index in [9.17, 15) is 5.11 Å². The molecule has 0 aromatic carbocycles. The second-order valence-electron chi connectivity index (χ2n) is 7.03. The number of aliphatic hydroxyl groups excluding tert-OH is 1. The molecule has 0 radical (unpaired) electrons. The average molecular weight is 396 g/mol. The average Bonchev–Trinajstić information content (AvgIpc) is 3.17. The number of anilines is 1. The summed E-state index contributed by atoms with van der Waals surface area (Å²) in [5.41, 5.74) is 1.71. The summed E-state index contributed by atoms with van der Waals surface area (Å²) >= 11 is 0. The summed E-state index contributed by atoms with van der Waals surface area (Å²) in [5.74, 6) is 1.84. The van der Waals surface area contributed by atoms with Crippen LogP contribution in [0.25, 0.3) is 11.7 Å². The zero-order valence-corrected chi connectivity index (χ0v) is 17.2. The van der Waals surface area contributed by atoms with Crippen molar-refractivity contribution in [3.8, 4) is 5.75 Å². The van der Waals surface area contributed by atoms with Gasteiger partial charge in [-0.2, -0.15) is 0 Å². The molecule has 0 unspecified atom stereocenters. The van der Waals surface area contributed by atoms with Crippen LogP contribution in [0.3, 0.4) is 0 Å². The Balaban J connectivity index is 1.82. The molecule has 0 saturated carbocycles. The van der Waals surface area contributed by atoms with E-state index in [1.807, 2.05) is 42.0 Å². The fourth-order valence-electron chi connectivity index (χ4n) is 3.33. The molecular weight excluding hydrogens is 366 g/mol. The molecule has 0 saturated heterocycles. The van der Waals surface area contributed by atoms with Crippen LogP contribution in [-0.4, -0.2) is 44.2 Å². The lowest BCUT2D eigenvalue weighted by molar-refractivity contribution is 0.268. The third kappa shape index (κ3) is 5.12. The highest BCUT2D eigenvalue weighted by molar-refractivity contribution is 5.54. The molecule has 0 bridgehead atoms. The predicted octanol–water partition coefficient (Wildman–Crippen LogP) is 3.72. The molecule has 0 spiro atoms. The Bertz CT molecular complexity index is 907. The highest BCUT2D eigenvalue weighted by Crippen LogP contribution is 2.29. The molecule has 1 atom stereocenters. The lowest BCUT2D eigenvalue weighted by atomic mass is 10.1. The standard InChI is InChI=1S/C22H29N5O2/c1-4-6-9-18(11-13-28)26(3)22-19(14-23-20(5-2)25-22)29-16-17-15-27-12-8-7-10-21(27)24-17/h5,7-8,10,12,14-15,18,28H,2,4,6,9,11,13,16H2,1,3H3/t18-/m0/s1. The van der Waals surface area contributed by atoms with Crippen molar-refractivity contribution < 1.29 is 9.84 Å². The SMILES string of the molecule is C=Cc1ncc(OCc2cn3ccccc3n2)c(N(C)[C@H](CCO)CCCC)n1. The van der Waals surface area contributed by atoms with E-state index < -0.39 is 0 Å². The summed E-state index contributed by atoms with van der Waals surface area (Å²) in [7, 11) is 1.99. The minimum absolute atomic E-state index is 0.134. The summed E-state index contributed by atoms with van der Waals surface area (Å²) in [4.78, 5) is 15.6. The second-order valence-corrected chi connectivity index (χ2v) is 7.03. The largest absolute Gasteiger partial charge is 0.482 e. The molecule has 0 aliphatic heterocycles. The normalized spacial score (nSPS) is 12.1. The molecule has 3 aromatic rings. The molecule has 0 amide bonds. The second kappa shape index (κ2) is 10.0. The molecular formula is C22H29N5O2. The van der Waals surface area contributed by atoms with E-state index in [4.69, 9.17) is 4.74 Å². The van der Waals surface area contributed by atoms with Gasteiger partial charge in [0, 0.05) is 32.1 Å². The fourth-order valence-corrected chi connectivity index (χ4v) is 3.33. The summed E-state index contributed by atoms with van der Waals surface area (Å²) in [5, 5.41) is 9.51. The molecule has 0 fully saturated rings. The Hall–Kier alpha value is -2.93. The number of hydrogen-bond acceptors (Lipinski definition) is 6. The minimum atomic E-state index is 0.134. The summed E-state index contributed by atoms with van der Waals surface area (Å²) in [6, 6.07) is 6.05. The van der Waals surface area contributed by atoms with Gasteiger partial charge in [0.15, 0.2) is 17.4 Å². The van der Waals surface area contributed by atoms with Crippen molar-refractivity contribution >= 4 is 17.5 Å². The molecule has 154 valence electrons. The van der Waals surface area contributed by atoms with E-state index in [1.165, 1.54) is 0 Å². The predicted molar refractivity (Wildman–Crippen MR) is 115 cm³/mol. The molecule has 0 aliphatic carbocycles. The monoisotopic (exact) mass is 395 g/mol. The van der Waals surface area contributed by atoms with Gasteiger partial charge in [-0.1, -0.05) is 32.4 Å². The van der Waals surface area contributed by atoms with Gasteiger partial charge in [0.05, 0.1) is 11.9 Å². The highest BCUT2D eigenvalue weighted by Gasteiger charge is 2.20. The number of hydrogen-bond donors (Lipinski definition) is 1. The lowest BCUT2D eigenvalue weighted by Crippen LogP contribution is -2.33. The van der Waals surface area contributed by atoms with Crippen molar-refractivity contribution in [2.75, 3.05) is 18.6 Å². The third-order valence-corrected chi connectivity index (χ3v) is 4.96. The number of imidazole rings is 1. The number of aliphatic hydroxyl groups is 1. The van der Waals surface area contributed by atoms with Crippen LogP contribution in [0, 0.1) is 0 Å². The zero-order valence-electron chi connectivity index (χ0n) is 17.2. The van der Waals surface area contributed by atoms with Crippen molar-refractivity contribution in [1.29, 1.82) is 0 Å². The molecule has 7 heteroatoms. The molecule has 1 N–H and O–H groups in total. The number of rotatable bonds is 11. The Morgan fingerprint density at radius 1 is 1.31 bits per heavy atom. The molecule has 3 heterocycles. The van der Waals surface area contributed by atoms with E-state index in [1.54, 1.807) is 12.3 Å². The topological polar surface area (TPSA) is 75.8 Å². The van der Waals surface area contributed by atoms with Crippen LogP contribution in [-0.2, 0) is 6.61 Å². The number of aromatic nitrogens is 4.